The molecule has 1 fully saturated rings. The fourth-order valence-electron chi connectivity index (χ4n) is 3.29. The summed E-state index contributed by atoms with van der Waals surface area (Å²) in [4.78, 5) is 0.247. The van der Waals surface area contributed by atoms with E-state index in [0.717, 1.165) is 12.8 Å². The zero-order chi connectivity index (χ0) is 17.9. The summed E-state index contributed by atoms with van der Waals surface area (Å²) in [6.45, 7) is 8.96. The lowest BCUT2D eigenvalue weighted by atomic mass is 9.92. The molecule has 2 rings (SSSR count). The lowest BCUT2D eigenvalue weighted by Gasteiger charge is -2.26. The number of aromatic nitrogens is 2. The van der Waals surface area contributed by atoms with Crippen LogP contribution < -0.4 is 4.72 Å². The topological polar surface area (TPSA) is 93.5 Å². The average Bonchev–Trinajstić information content (AvgIpc) is 2.83. The highest BCUT2D eigenvalue weighted by atomic mass is 32.2. The minimum absolute atomic E-state index is 0.1000. The van der Waals surface area contributed by atoms with Crippen LogP contribution in [0.5, 0.6) is 0 Å². The van der Waals surface area contributed by atoms with Crippen LogP contribution in [0.3, 0.4) is 0 Å². The summed E-state index contributed by atoms with van der Waals surface area (Å²) < 4.78 is 34.8. The molecule has 24 heavy (non-hydrogen) atoms. The molecule has 0 radical (unpaired) electrons. The number of nitrogens with one attached hydrogen (secondary N) is 1. The third kappa shape index (κ3) is 4.36. The largest absolute Gasteiger partial charge is 0.393 e. The Morgan fingerprint density at radius 3 is 2.50 bits per heavy atom. The van der Waals surface area contributed by atoms with Crippen molar-refractivity contribution < 1.29 is 18.3 Å². The maximum atomic E-state index is 12.6. The Morgan fingerprint density at radius 2 is 1.96 bits per heavy atom. The molecule has 1 saturated heterocycles. The molecule has 1 aliphatic heterocycles. The minimum Gasteiger partial charge on any atom is -0.393 e. The van der Waals surface area contributed by atoms with Gasteiger partial charge in [-0.3, -0.25) is 4.68 Å². The van der Waals surface area contributed by atoms with E-state index in [1.165, 1.54) is 0 Å². The van der Waals surface area contributed by atoms with Gasteiger partial charge >= 0.3 is 0 Å². The highest BCUT2D eigenvalue weighted by Crippen LogP contribution is 2.23. The molecule has 1 aromatic rings. The van der Waals surface area contributed by atoms with E-state index in [4.69, 9.17) is 4.74 Å². The number of aryl methyl sites for hydroxylation is 1. The predicted octanol–water partition coefficient (Wildman–Crippen LogP) is 1.54. The van der Waals surface area contributed by atoms with E-state index in [9.17, 15) is 13.5 Å². The molecule has 0 spiro atoms. The van der Waals surface area contributed by atoms with Crippen molar-refractivity contribution in [2.45, 2.75) is 64.0 Å². The SMILES string of the molecule is Cc1nn(C(C)C)c(C)c1S(=O)(=O)NCCC(O)C1CCOCC1. The van der Waals surface area contributed by atoms with Crippen molar-refractivity contribution >= 4 is 10.0 Å². The number of ether oxygens (including phenoxy) is 1. The van der Waals surface area contributed by atoms with Crippen molar-refractivity contribution in [1.82, 2.24) is 14.5 Å². The van der Waals surface area contributed by atoms with Crippen molar-refractivity contribution in [1.29, 1.82) is 0 Å². The maximum absolute atomic E-state index is 12.6. The normalized spacial score (nSPS) is 18.2. The van der Waals surface area contributed by atoms with E-state index >= 15 is 0 Å². The summed E-state index contributed by atoms with van der Waals surface area (Å²) in [6.07, 6.45) is 1.55. The molecular weight excluding hydrogens is 330 g/mol. The predicted molar refractivity (Wildman–Crippen MR) is 91.4 cm³/mol. The van der Waals surface area contributed by atoms with Gasteiger partial charge in [-0.1, -0.05) is 0 Å². The second-order valence-electron chi connectivity index (χ2n) is 6.74. The molecule has 138 valence electrons. The number of nitrogens with zero attached hydrogens (tertiary/aromatic N) is 2. The molecule has 0 amide bonds. The van der Waals surface area contributed by atoms with Gasteiger partial charge in [0.15, 0.2) is 0 Å². The first-order valence-corrected chi connectivity index (χ1v) is 10.0. The lowest BCUT2D eigenvalue weighted by molar-refractivity contribution is 0.00567. The monoisotopic (exact) mass is 359 g/mol. The molecule has 1 atom stereocenters. The van der Waals surface area contributed by atoms with E-state index in [1.807, 2.05) is 13.8 Å². The Hall–Kier alpha value is -0.960. The average molecular weight is 359 g/mol. The Bertz CT molecular complexity index is 649. The molecular formula is C16H29N3O4S. The van der Waals surface area contributed by atoms with E-state index in [-0.39, 0.29) is 23.4 Å². The van der Waals surface area contributed by atoms with Gasteiger partial charge in [0.1, 0.15) is 4.90 Å². The molecule has 0 aromatic carbocycles. The molecule has 1 unspecified atom stereocenters. The van der Waals surface area contributed by atoms with Crippen LogP contribution in [-0.2, 0) is 14.8 Å². The van der Waals surface area contributed by atoms with Crippen molar-refractivity contribution in [3.05, 3.63) is 11.4 Å². The number of rotatable bonds is 7. The summed E-state index contributed by atoms with van der Waals surface area (Å²) >= 11 is 0. The van der Waals surface area contributed by atoms with Gasteiger partial charge in [0.05, 0.1) is 17.5 Å². The van der Waals surface area contributed by atoms with Gasteiger partial charge in [-0.15, -0.1) is 0 Å². The molecule has 8 heteroatoms. The van der Waals surface area contributed by atoms with Crippen LogP contribution in [0.25, 0.3) is 0 Å². The quantitative estimate of drug-likeness (QED) is 0.770. The van der Waals surface area contributed by atoms with Gasteiger partial charge < -0.3 is 9.84 Å². The van der Waals surface area contributed by atoms with E-state index in [0.29, 0.717) is 31.0 Å². The number of aliphatic hydroxyl groups is 1. The highest BCUT2D eigenvalue weighted by molar-refractivity contribution is 7.89. The van der Waals surface area contributed by atoms with Crippen molar-refractivity contribution in [3.63, 3.8) is 0 Å². The van der Waals surface area contributed by atoms with Gasteiger partial charge in [-0.05, 0) is 52.9 Å². The van der Waals surface area contributed by atoms with Crippen LogP contribution in [0, 0.1) is 19.8 Å². The molecule has 7 nitrogen and oxygen atoms in total. The first kappa shape index (κ1) is 19.4. The van der Waals surface area contributed by atoms with Gasteiger partial charge in [-0.2, -0.15) is 5.10 Å². The van der Waals surface area contributed by atoms with E-state index in [2.05, 4.69) is 9.82 Å². The van der Waals surface area contributed by atoms with Crippen LogP contribution in [-0.4, -0.2) is 49.2 Å². The fraction of sp³-hybridized carbons (Fsp3) is 0.812. The molecule has 0 aliphatic carbocycles. The summed E-state index contributed by atoms with van der Waals surface area (Å²) in [5, 5.41) is 14.5. The second-order valence-corrected chi connectivity index (χ2v) is 8.45. The second kappa shape index (κ2) is 7.95. The highest BCUT2D eigenvalue weighted by Gasteiger charge is 2.26. The molecule has 2 N–H and O–H groups in total. The number of hydrogen-bond acceptors (Lipinski definition) is 5. The Labute approximate surface area is 144 Å². The van der Waals surface area contributed by atoms with Gasteiger partial charge in [0, 0.05) is 25.8 Å². The molecule has 1 aromatic heterocycles. The molecule has 1 aliphatic rings. The van der Waals surface area contributed by atoms with Crippen LogP contribution in [0.2, 0.25) is 0 Å². The third-order valence-electron chi connectivity index (χ3n) is 4.56. The third-order valence-corrected chi connectivity index (χ3v) is 6.27. The smallest absolute Gasteiger partial charge is 0.244 e. The first-order valence-electron chi connectivity index (χ1n) is 8.55. The van der Waals surface area contributed by atoms with Crippen LogP contribution in [0.4, 0.5) is 0 Å². The summed E-state index contributed by atoms with van der Waals surface area (Å²) in [5.41, 5.74) is 1.14. The zero-order valence-electron chi connectivity index (χ0n) is 14.9. The zero-order valence-corrected chi connectivity index (χ0v) is 15.8. The van der Waals surface area contributed by atoms with Crippen LogP contribution >= 0.6 is 0 Å². The van der Waals surface area contributed by atoms with Crippen LogP contribution in [0.1, 0.15) is 50.5 Å². The number of hydrogen-bond donors (Lipinski definition) is 2. The van der Waals surface area contributed by atoms with E-state index in [1.54, 1.807) is 18.5 Å². The van der Waals surface area contributed by atoms with Crippen LogP contribution in [0.15, 0.2) is 4.90 Å². The van der Waals surface area contributed by atoms with Crippen molar-refractivity contribution in [2.75, 3.05) is 19.8 Å². The van der Waals surface area contributed by atoms with Gasteiger partial charge in [0.2, 0.25) is 10.0 Å². The number of aliphatic hydroxyl groups excluding tert-OH is 1. The minimum atomic E-state index is -3.63. The standard InChI is InChI=1S/C16H29N3O4S/c1-11(2)19-13(4)16(12(3)18-19)24(21,22)17-8-5-15(20)14-6-9-23-10-7-14/h11,14-15,17,20H,5-10H2,1-4H3. The van der Waals surface area contributed by atoms with Crippen molar-refractivity contribution in [3.8, 4) is 0 Å². The Morgan fingerprint density at radius 1 is 1.33 bits per heavy atom. The summed E-state index contributed by atoms with van der Waals surface area (Å²) in [7, 11) is -3.63. The summed E-state index contributed by atoms with van der Waals surface area (Å²) in [5.74, 6) is 0.190. The summed E-state index contributed by atoms with van der Waals surface area (Å²) in [6, 6.07) is 0.1000. The lowest BCUT2D eigenvalue weighted by Crippen LogP contribution is -2.32. The Kier molecular flexibility index (Phi) is 6.41. The first-order chi connectivity index (χ1) is 11.2. The molecule has 0 saturated carbocycles. The van der Waals surface area contributed by atoms with Gasteiger partial charge in [-0.25, -0.2) is 13.1 Å². The Balaban J connectivity index is 1.99. The maximum Gasteiger partial charge on any atom is 0.244 e. The molecule has 2 heterocycles. The van der Waals surface area contributed by atoms with Crippen molar-refractivity contribution in [2.24, 2.45) is 5.92 Å². The van der Waals surface area contributed by atoms with Gasteiger partial charge in [0.25, 0.3) is 0 Å². The van der Waals surface area contributed by atoms with E-state index < -0.39 is 16.1 Å². The molecule has 0 bridgehead atoms. The fourth-order valence-corrected chi connectivity index (χ4v) is 4.73. The number of sulfonamides is 1.